The first-order valence-corrected chi connectivity index (χ1v) is 12.7. The Morgan fingerprint density at radius 2 is 1.44 bits per heavy atom. The number of carbonyl (C=O) groups is 1. The number of aliphatic hydroxyl groups excluding tert-OH is 1. The standard InChI is InChI=1S/C33H32FNO4/c1-22(2)32(31(37)38,27-15-10-20-35-21-27)30(36)29(25-16-18-28(34)19-17-25)33(39,26-13-8-5-9-14-26)23(3)24-11-6-4-7-12-24/h4-22,29-30,36,39H,3H2,1-2H3,(H,37,38). The summed E-state index contributed by atoms with van der Waals surface area (Å²) in [5.74, 6) is -3.70. The average molecular weight is 526 g/mol. The molecule has 4 aromatic rings. The van der Waals surface area contributed by atoms with Gasteiger partial charge in [-0.25, -0.2) is 4.39 Å². The number of aromatic nitrogens is 1. The molecule has 39 heavy (non-hydrogen) atoms. The van der Waals surface area contributed by atoms with Gasteiger partial charge in [0.2, 0.25) is 0 Å². The summed E-state index contributed by atoms with van der Waals surface area (Å²) in [7, 11) is 0. The molecule has 4 atom stereocenters. The summed E-state index contributed by atoms with van der Waals surface area (Å²) >= 11 is 0. The molecule has 4 unspecified atom stereocenters. The van der Waals surface area contributed by atoms with E-state index in [0.29, 0.717) is 16.7 Å². The average Bonchev–Trinajstić information content (AvgIpc) is 2.95. The molecule has 0 saturated carbocycles. The van der Waals surface area contributed by atoms with Crippen LogP contribution in [0.2, 0.25) is 0 Å². The lowest BCUT2D eigenvalue weighted by molar-refractivity contribution is -0.155. The number of hydrogen-bond acceptors (Lipinski definition) is 4. The third kappa shape index (κ3) is 4.89. The lowest BCUT2D eigenvalue weighted by atomic mass is 9.58. The maximum Gasteiger partial charge on any atom is 0.317 e. The molecular formula is C33H32FNO4. The summed E-state index contributed by atoms with van der Waals surface area (Å²) in [5, 5.41) is 36.1. The van der Waals surface area contributed by atoms with Gasteiger partial charge in [0, 0.05) is 18.3 Å². The van der Waals surface area contributed by atoms with Gasteiger partial charge in [0.05, 0.1) is 6.10 Å². The monoisotopic (exact) mass is 525 g/mol. The van der Waals surface area contributed by atoms with E-state index in [4.69, 9.17) is 0 Å². The molecule has 0 spiro atoms. The first kappa shape index (κ1) is 27.9. The number of carboxylic acid groups (broad SMARTS) is 1. The van der Waals surface area contributed by atoms with Gasteiger partial charge in [-0.05, 0) is 51.9 Å². The van der Waals surface area contributed by atoms with Crippen LogP contribution in [0.1, 0.15) is 42.0 Å². The van der Waals surface area contributed by atoms with Crippen LogP contribution in [0.5, 0.6) is 0 Å². The van der Waals surface area contributed by atoms with Crippen molar-refractivity contribution in [2.45, 2.75) is 36.9 Å². The number of aliphatic hydroxyl groups is 2. The Morgan fingerprint density at radius 1 is 0.872 bits per heavy atom. The summed E-state index contributed by atoms with van der Waals surface area (Å²) in [5.41, 5.74) is -1.99. The molecule has 0 fully saturated rings. The highest BCUT2D eigenvalue weighted by Crippen LogP contribution is 2.53. The van der Waals surface area contributed by atoms with Crippen molar-refractivity contribution < 1.29 is 24.5 Å². The third-order valence-electron chi connectivity index (χ3n) is 7.66. The number of carboxylic acids is 1. The van der Waals surface area contributed by atoms with Gasteiger partial charge in [-0.2, -0.15) is 0 Å². The number of aliphatic carboxylic acids is 1. The van der Waals surface area contributed by atoms with Crippen LogP contribution < -0.4 is 0 Å². The minimum Gasteiger partial charge on any atom is -0.480 e. The zero-order valence-electron chi connectivity index (χ0n) is 21.9. The van der Waals surface area contributed by atoms with Crippen LogP contribution in [-0.2, 0) is 15.8 Å². The molecule has 5 nitrogen and oxygen atoms in total. The van der Waals surface area contributed by atoms with Crippen molar-refractivity contribution in [1.82, 2.24) is 4.98 Å². The van der Waals surface area contributed by atoms with Gasteiger partial charge >= 0.3 is 5.97 Å². The molecule has 0 radical (unpaired) electrons. The summed E-state index contributed by atoms with van der Waals surface area (Å²) in [6, 6.07) is 26.3. The Labute approximate surface area is 227 Å². The lowest BCUT2D eigenvalue weighted by Crippen LogP contribution is -2.57. The zero-order valence-corrected chi connectivity index (χ0v) is 21.9. The van der Waals surface area contributed by atoms with E-state index in [2.05, 4.69) is 11.6 Å². The molecule has 3 aromatic carbocycles. The largest absolute Gasteiger partial charge is 0.480 e. The Morgan fingerprint density at radius 3 is 1.95 bits per heavy atom. The van der Waals surface area contributed by atoms with Gasteiger partial charge in [-0.1, -0.05) is 99.3 Å². The SMILES string of the molecule is C=C(c1ccccc1)C(O)(c1ccccc1)C(c1ccc(F)cc1)C(O)C(C(=O)O)(c1cccnc1)C(C)C. The summed E-state index contributed by atoms with van der Waals surface area (Å²) < 4.78 is 14.1. The number of hydrogen-bond donors (Lipinski definition) is 3. The Kier molecular flexibility index (Phi) is 8.09. The van der Waals surface area contributed by atoms with Crippen LogP contribution >= 0.6 is 0 Å². The van der Waals surface area contributed by atoms with Crippen LogP contribution in [0.15, 0.2) is 116 Å². The van der Waals surface area contributed by atoms with Gasteiger partial charge in [-0.15, -0.1) is 0 Å². The predicted molar refractivity (Wildman–Crippen MR) is 149 cm³/mol. The highest BCUT2D eigenvalue weighted by molar-refractivity contribution is 5.83. The van der Waals surface area contributed by atoms with Gasteiger partial charge in [0.1, 0.15) is 16.8 Å². The Hall–Kier alpha value is -4.13. The summed E-state index contributed by atoms with van der Waals surface area (Å²) in [6.07, 6.45) is 1.24. The smallest absolute Gasteiger partial charge is 0.317 e. The topological polar surface area (TPSA) is 90.7 Å². The van der Waals surface area contributed by atoms with E-state index in [0.717, 1.165) is 0 Å². The van der Waals surface area contributed by atoms with E-state index in [9.17, 15) is 24.5 Å². The van der Waals surface area contributed by atoms with E-state index in [1.54, 1.807) is 80.6 Å². The number of pyridine rings is 1. The van der Waals surface area contributed by atoms with Crippen molar-refractivity contribution in [2.24, 2.45) is 5.92 Å². The van der Waals surface area contributed by atoms with E-state index in [1.165, 1.54) is 36.7 Å². The van der Waals surface area contributed by atoms with Crippen molar-refractivity contribution in [3.05, 3.63) is 144 Å². The van der Waals surface area contributed by atoms with E-state index < -0.39 is 40.7 Å². The quantitative estimate of drug-likeness (QED) is 0.238. The highest BCUT2D eigenvalue weighted by atomic mass is 19.1. The first-order chi connectivity index (χ1) is 18.6. The number of nitrogens with zero attached hydrogens (tertiary/aromatic N) is 1. The summed E-state index contributed by atoms with van der Waals surface area (Å²) in [6.45, 7) is 7.69. The molecule has 6 heteroatoms. The maximum absolute atomic E-state index is 14.1. The Bertz CT molecular complexity index is 1410. The van der Waals surface area contributed by atoms with Crippen molar-refractivity contribution >= 4 is 11.5 Å². The van der Waals surface area contributed by atoms with Crippen LogP contribution in [0.3, 0.4) is 0 Å². The lowest BCUT2D eigenvalue weighted by Gasteiger charge is -2.48. The molecule has 1 aromatic heterocycles. The fourth-order valence-electron chi connectivity index (χ4n) is 5.63. The fraction of sp³-hybridized carbons (Fsp3) is 0.212. The molecule has 0 saturated heterocycles. The second-order valence-electron chi connectivity index (χ2n) is 10.0. The molecule has 0 aliphatic carbocycles. The molecule has 3 N–H and O–H groups in total. The third-order valence-corrected chi connectivity index (χ3v) is 7.66. The number of benzene rings is 3. The van der Waals surface area contributed by atoms with Crippen LogP contribution in [0, 0.1) is 11.7 Å². The number of halogens is 1. The molecule has 4 rings (SSSR count). The Balaban J connectivity index is 2.08. The molecule has 0 amide bonds. The van der Waals surface area contributed by atoms with Crippen LogP contribution in [-0.4, -0.2) is 32.4 Å². The van der Waals surface area contributed by atoms with Gasteiger partial charge in [0.15, 0.2) is 0 Å². The second-order valence-corrected chi connectivity index (χ2v) is 10.0. The van der Waals surface area contributed by atoms with Crippen LogP contribution in [0.4, 0.5) is 4.39 Å². The molecular weight excluding hydrogens is 493 g/mol. The minimum absolute atomic E-state index is 0.261. The molecule has 0 aliphatic rings. The molecule has 0 bridgehead atoms. The zero-order chi connectivity index (χ0) is 28.2. The predicted octanol–water partition coefficient (Wildman–Crippen LogP) is 5.95. The fourth-order valence-corrected chi connectivity index (χ4v) is 5.63. The van der Waals surface area contributed by atoms with Crippen molar-refractivity contribution in [1.29, 1.82) is 0 Å². The summed E-state index contributed by atoms with van der Waals surface area (Å²) in [4.78, 5) is 17.4. The molecule has 200 valence electrons. The first-order valence-electron chi connectivity index (χ1n) is 12.7. The highest BCUT2D eigenvalue weighted by Gasteiger charge is 2.58. The molecule has 1 heterocycles. The van der Waals surface area contributed by atoms with Crippen molar-refractivity contribution in [3.63, 3.8) is 0 Å². The maximum atomic E-state index is 14.1. The molecule has 0 aliphatic heterocycles. The van der Waals surface area contributed by atoms with Crippen molar-refractivity contribution in [3.8, 4) is 0 Å². The van der Waals surface area contributed by atoms with Gasteiger partial charge in [0.25, 0.3) is 0 Å². The van der Waals surface area contributed by atoms with Crippen molar-refractivity contribution in [2.75, 3.05) is 0 Å². The van der Waals surface area contributed by atoms with E-state index in [1.807, 2.05) is 6.07 Å². The van der Waals surface area contributed by atoms with Crippen LogP contribution in [0.25, 0.3) is 5.57 Å². The van der Waals surface area contributed by atoms with Gasteiger partial charge < -0.3 is 15.3 Å². The van der Waals surface area contributed by atoms with Gasteiger partial charge in [-0.3, -0.25) is 9.78 Å². The second kappa shape index (κ2) is 11.3. The van der Waals surface area contributed by atoms with E-state index in [-0.39, 0.29) is 11.1 Å². The minimum atomic E-state index is -2.00. The number of rotatable bonds is 10. The normalized spacial score (nSPS) is 16.1. The van der Waals surface area contributed by atoms with E-state index >= 15 is 0 Å².